The summed E-state index contributed by atoms with van der Waals surface area (Å²) in [4.78, 5) is 19.4. The van der Waals surface area contributed by atoms with Gasteiger partial charge in [-0.25, -0.2) is 0 Å². The topological polar surface area (TPSA) is 121 Å². The zero-order chi connectivity index (χ0) is 13.3. The van der Waals surface area contributed by atoms with Crippen LogP contribution in [-0.4, -0.2) is 25.0 Å². The third-order valence-electron chi connectivity index (χ3n) is 2.20. The van der Waals surface area contributed by atoms with Crippen molar-refractivity contribution in [3.8, 4) is 0 Å². The molecule has 102 valence electrons. The first-order valence-corrected chi connectivity index (χ1v) is 5.35. The van der Waals surface area contributed by atoms with Gasteiger partial charge in [0.1, 0.15) is 5.69 Å². The summed E-state index contributed by atoms with van der Waals surface area (Å²) in [7, 11) is 0. The monoisotopic (exact) mass is 256 g/mol. The van der Waals surface area contributed by atoms with Crippen molar-refractivity contribution in [3.63, 3.8) is 0 Å². The van der Waals surface area contributed by atoms with Gasteiger partial charge in [-0.2, -0.15) is 0 Å². The van der Waals surface area contributed by atoms with Crippen LogP contribution in [-0.2, 0) is 9.59 Å². The van der Waals surface area contributed by atoms with Crippen molar-refractivity contribution in [1.29, 1.82) is 0 Å². The highest BCUT2D eigenvalue weighted by Gasteiger charge is 2.03. The molecule has 0 radical (unpaired) electrons. The predicted octanol–water partition coefficient (Wildman–Crippen LogP) is -1.89. The van der Waals surface area contributed by atoms with Crippen molar-refractivity contribution >= 4 is 17.6 Å². The molecule has 18 heavy (non-hydrogen) atoms. The molecule has 0 atom stereocenters. The second-order valence-electron chi connectivity index (χ2n) is 3.25. The number of quaternary nitrogens is 2. The number of hydrogen-bond acceptors (Lipinski definition) is 4. The molecule has 0 aliphatic heterocycles. The molecule has 0 bridgehead atoms. The van der Waals surface area contributed by atoms with Crippen molar-refractivity contribution in [1.82, 2.24) is 6.15 Å². The van der Waals surface area contributed by atoms with E-state index in [9.17, 15) is 0 Å². The number of carbonyl (C=O) groups excluding carboxylic acids is 2. The molecule has 6 nitrogen and oxygen atoms in total. The van der Waals surface area contributed by atoms with E-state index >= 15 is 0 Å². The van der Waals surface area contributed by atoms with E-state index in [0.717, 1.165) is 0 Å². The summed E-state index contributed by atoms with van der Waals surface area (Å²) in [5.74, 6) is -4.37. The van der Waals surface area contributed by atoms with Crippen LogP contribution >= 0.6 is 0 Å². The SMILES string of the molecule is CC[NH+](CC)c1ccccc1.O=C([O-])C(=O)[O-].[NH4+]. The van der Waals surface area contributed by atoms with Crippen molar-refractivity contribution in [2.75, 3.05) is 13.1 Å². The van der Waals surface area contributed by atoms with Gasteiger partial charge < -0.3 is 30.9 Å². The van der Waals surface area contributed by atoms with Crippen LogP contribution in [0.5, 0.6) is 0 Å². The molecular formula is C12H20N2O4. The van der Waals surface area contributed by atoms with Crippen LogP contribution in [0, 0.1) is 0 Å². The first-order chi connectivity index (χ1) is 8.02. The maximum Gasteiger partial charge on any atom is 0.131 e. The number of para-hydroxylation sites is 1. The number of benzene rings is 1. The van der Waals surface area contributed by atoms with E-state index in [0.29, 0.717) is 0 Å². The Morgan fingerprint density at radius 3 is 1.67 bits per heavy atom. The lowest BCUT2D eigenvalue weighted by atomic mass is 10.3. The lowest BCUT2D eigenvalue weighted by molar-refractivity contribution is -0.828. The third-order valence-corrected chi connectivity index (χ3v) is 2.20. The third kappa shape index (κ3) is 7.37. The lowest BCUT2D eigenvalue weighted by Crippen LogP contribution is -3.06. The van der Waals surface area contributed by atoms with Crippen molar-refractivity contribution in [2.24, 2.45) is 0 Å². The standard InChI is InChI=1S/C10H15N.C2H2O4.H3N/c1-3-11(4-2)10-8-6-5-7-9-10;3-1(4)2(5)6;/h5-9H,3-4H2,1-2H3;(H,3,4)(H,5,6);1H3. The highest BCUT2D eigenvalue weighted by atomic mass is 16.4. The number of rotatable bonds is 3. The number of nitrogens with one attached hydrogen (secondary N) is 1. The van der Waals surface area contributed by atoms with Crippen LogP contribution in [0.15, 0.2) is 30.3 Å². The van der Waals surface area contributed by atoms with Gasteiger partial charge in [-0.3, -0.25) is 0 Å². The van der Waals surface area contributed by atoms with E-state index in [4.69, 9.17) is 19.8 Å². The summed E-state index contributed by atoms with van der Waals surface area (Å²) in [6.07, 6.45) is 0. The number of hydrogen-bond donors (Lipinski definition) is 2. The molecule has 0 heterocycles. The maximum atomic E-state index is 8.93. The number of carboxylic acids is 2. The molecule has 0 aromatic heterocycles. The Balaban J connectivity index is 0. The molecule has 5 N–H and O–H groups in total. The molecule has 0 aliphatic rings. The van der Waals surface area contributed by atoms with Crippen LogP contribution in [0.2, 0.25) is 0 Å². The Kier molecular flexibility index (Phi) is 10.5. The van der Waals surface area contributed by atoms with E-state index in [1.54, 1.807) is 4.90 Å². The fourth-order valence-corrected chi connectivity index (χ4v) is 1.33. The Labute approximate surface area is 106 Å². The quantitative estimate of drug-likeness (QED) is 0.614. The highest BCUT2D eigenvalue weighted by molar-refractivity contribution is 6.25. The van der Waals surface area contributed by atoms with E-state index in [1.165, 1.54) is 18.8 Å². The lowest BCUT2D eigenvalue weighted by Gasteiger charge is -2.13. The minimum Gasteiger partial charge on any atom is -0.543 e. The molecule has 0 aliphatic carbocycles. The van der Waals surface area contributed by atoms with E-state index in [-0.39, 0.29) is 6.15 Å². The van der Waals surface area contributed by atoms with Crippen LogP contribution in [0.25, 0.3) is 0 Å². The molecule has 0 fully saturated rings. The molecule has 6 heteroatoms. The molecule has 1 rings (SSSR count). The first kappa shape index (κ1) is 18.4. The van der Waals surface area contributed by atoms with Gasteiger partial charge >= 0.3 is 0 Å². The zero-order valence-electron chi connectivity index (χ0n) is 10.9. The smallest absolute Gasteiger partial charge is 0.131 e. The van der Waals surface area contributed by atoms with Gasteiger partial charge in [0.2, 0.25) is 0 Å². The minimum atomic E-state index is -2.19. The minimum absolute atomic E-state index is 0. The summed E-state index contributed by atoms with van der Waals surface area (Å²) >= 11 is 0. The van der Waals surface area contributed by atoms with Gasteiger partial charge in [-0.1, -0.05) is 18.2 Å². The summed E-state index contributed by atoms with van der Waals surface area (Å²) < 4.78 is 0. The molecule has 1 aromatic rings. The average molecular weight is 256 g/mol. The average Bonchev–Trinajstić information content (AvgIpc) is 2.32. The van der Waals surface area contributed by atoms with Crippen molar-refractivity contribution in [2.45, 2.75) is 13.8 Å². The van der Waals surface area contributed by atoms with E-state index in [1.807, 2.05) is 0 Å². The Morgan fingerprint density at radius 2 is 1.39 bits per heavy atom. The Morgan fingerprint density at radius 1 is 1.00 bits per heavy atom. The number of aliphatic carboxylic acids is 2. The Hall–Kier alpha value is -1.92. The molecular weight excluding hydrogens is 236 g/mol. The number of carboxylic acid groups (broad SMARTS) is 2. The molecule has 0 unspecified atom stereocenters. The summed E-state index contributed by atoms with van der Waals surface area (Å²) in [5, 5.41) is 17.9. The van der Waals surface area contributed by atoms with E-state index in [2.05, 4.69) is 44.2 Å². The van der Waals surface area contributed by atoms with Gasteiger partial charge in [0.05, 0.1) is 25.0 Å². The first-order valence-electron chi connectivity index (χ1n) is 5.35. The largest absolute Gasteiger partial charge is 0.543 e. The fourth-order valence-electron chi connectivity index (χ4n) is 1.33. The van der Waals surface area contributed by atoms with Gasteiger partial charge in [0.25, 0.3) is 0 Å². The van der Waals surface area contributed by atoms with Crippen LogP contribution < -0.4 is 21.3 Å². The Bertz CT molecular complexity index is 338. The zero-order valence-corrected chi connectivity index (χ0v) is 10.9. The normalized spacial score (nSPS) is 8.83. The van der Waals surface area contributed by atoms with Crippen molar-refractivity contribution < 1.29 is 24.7 Å². The molecule has 0 saturated heterocycles. The van der Waals surface area contributed by atoms with Crippen LogP contribution in [0.4, 0.5) is 5.69 Å². The summed E-state index contributed by atoms with van der Waals surface area (Å²) in [5.41, 5.74) is 1.40. The predicted molar refractivity (Wildman–Crippen MR) is 64.1 cm³/mol. The second kappa shape index (κ2) is 10.2. The fraction of sp³-hybridized carbons (Fsp3) is 0.333. The van der Waals surface area contributed by atoms with Crippen LogP contribution in [0.3, 0.4) is 0 Å². The second-order valence-corrected chi connectivity index (χ2v) is 3.25. The molecule has 0 amide bonds. The molecule has 1 aromatic carbocycles. The summed E-state index contributed by atoms with van der Waals surface area (Å²) in [6.45, 7) is 6.76. The highest BCUT2D eigenvalue weighted by Crippen LogP contribution is 1.97. The van der Waals surface area contributed by atoms with Crippen molar-refractivity contribution in [3.05, 3.63) is 30.3 Å². The maximum absolute atomic E-state index is 8.93. The van der Waals surface area contributed by atoms with E-state index < -0.39 is 11.9 Å². The van der Waals surface area contributed by atoms with Gasteiger partial charge in [0.15, 0.2) is 0 Å². The number of carbonyl (C=O) groups is 2. The van der Waals surface area contributed by atoms with Crippen LogP contribution in [0.1, 0.15) is 13.8 Å². The summed E-state index contributed by atoms with van der Waals surface area (Å²) in [6, 6.07) is 10.6. The van der Waals surface area contributed by atoms with Gasteiger partial charge in [0, 0.05) is 0 Å². The van der Waals surface area contributed by atoms with Gasteiger partial charge in [-0.15, -0.1) is 0 Å². The molecule has 0 saturated carbocycles. The van der Waals surface area contributed by atoms with Gasteiger partial charge in [-0.05, 0) is 26.0 Å². The molecule has 0 spiro atoms.